The molecule has 0 saturated carbocycles. The highest BCUT2D eigenvalue weighted by atomic mass is 16.2. The van der Waals surface area contributed by atoms with Crippen LogP contribution in [0, 0.1) is 0 Å². The Labute approximate surface area is 287 Å². The Kier molecular flexibility index (Phi) is 10.1. The summed E-state index contributed by atoms with van der Waals surface area (Å²) in [6, 6.07) is 37.2. The average Bonchev–Trinajstić information content (AvgIpc) is 3.23. The largest absolute Gasteiger partial charge is 0.352 e. The van der Waals surface area contributed by atoms with E-state index in [1.54, 1.807) is 0 Å². The lowest BCUT2D eigenvalue weighted by Gasteiger charge is -2.29. The number of carbonyl (C=O) groups excluding carboxylic acids is 3. The highest BCUT2D eigenvalue weighted by Gasteiger charge is 2.33. The van der Waals surface area contributed by atoms with Crippen LogP contribution in [0.3, 0.4) is 0 Å². The van der Waals surface area contributed by atoms with Gasteiger partial charge >= 0.3 is 6.03 Å². The van der Waals surface area contributed by atoms with Crippen LogP contribution in [-0.2, 0) is 35.6 Å². The molecular formula is C41H43N5O3. The molecule has 0 radical (unpaired) electrons. The van der Waals surface area contributed by atoms with Crippen molar-refractivity contribution < 1.29 is 14.4 Å². The van der Waals surface area contributed by atoms with Gasteiger partial charge in [-0.15, -0.1) is 0 Å². The molecule has 0 spiro atoms. The summed E-state index contributed by atoms with van der Waals surface area (Å²) >= 11 is 0. The third-order valence-electron chi connectivity index (χ3n) is 9.18. The van der Waals surface area contributed by atoms with Gasteiger partial charge in [-0.25, -0.2) is 4.79 Å². The molecule has 1 aliphatic rings. The van der Waals surface area contributed by atoms with Gasteiger partial charge in [-0.3, -0.25) is 9.59 Å². The van der Waals surface area contributed by atoms with E-state index < -0.39 is 17.6 Å². The van der Waals surface area contributed by atoms with Crippen molar-refractivity contribution in [3.8, 4) is 11.1 Å². The predicted octanol–water partition coefficient (Wildman–Crippen LogP) is 6.60. The quantitative estimate of drug-likeness (QED) is 0.129. The van der Waals surface area contributed by atoms with Gasteiger partial charge in [-0.05, 0) is 76.9 Å². The van der Waals surface area contributed by atoms with Gasteiger partial charge in [-0.1, -0.05) is 109 Å². The van der Waals surface area contributed by atoms with Crippen molar-refractivity contribution in [2.45, 2.75) is 64.3 Å². The van der Waals surface area contributed by atoms with Crippen LogP contribution in [0.4, 0.5) is 10.5 Å². The summed E-state index contributed by atoms with van der Waals surface area (Å²) in [7, 11) is 0. The molecule has 5 aromatic rings. The average molecular weight is 654 g/mol. The lowest BCUT2D eigenvalue weighted by atomic mass is 9.97. The van der Waals surface area contributed by atoms with Crippen LogP contribution in [-0.4, -0.2) is 29.4 Å². The second kappa shape index (κ2) is 14.7. The highest BCUT2D eigenvalue weighted by Crippen LogP contribution is 2.35. The van der Waals surface area contributed by atoms with Crippen LogP contribution >= 0.6 is 0 Å². The number of anilines is 1. The Hall–Kier alpha value is -5.47. The topological polar surface area (TPSA) is 117 Å². The summed E-state index contributed by atoms with van der Waals surface area (Å²) in [5.41, 5.74) is 11.9. The Balaban J connectivity index is 1.23. The molecule has 49 heavy (non-hydrogen) atoms. The molecule has 0 unspecified atom stereocenters. The third kappa shape index (κ3) is 8.16. The van der Waals surface area contributed by atoms with Crippen LogP contribution in [0.2, 0.25) is 0 Å². The number of carbonyl (C=O) groups is 3. The molecule has 6 rings (SSSR count). The first kappa shape index (κ1) is 33.4. The molecule has 5 aromatic carbocycles. The Morgan fingerprint density at radius 3 is 2.31 bits per heavy atom. The fraction of sp³-hybridized carbons (Fsp3) is 0.244. The number of aryl methyl sites for hydroxylation is 1. The van der Waals surface area contributed by atoms with E-state index in [0.717, 1.165) is 49.8 Å². The second-order valence-electron chi connectivity index (χ2n) is 13.3. The monoisotopic (exact) mass is 653 g/mol. The summed E-state index contributed by atoms with van der Waals surface area (Å²) in [6.45, 7) is 5.35. The molecule has 0 fully saturated rings. The number of amides is 4. The number of hydrogen-bond donors (Lipinski definition) is 4. The van der Waals surface area contributed by atoms with Crippen molar-refractivity contribution in [2.24, 2.45) is 5.73 Å². The highest BCUT2D eigenvalue weighted by molar-refractivity contribution is 6.03. The van der Waals surface area contributed by atoms with E-state index >= 15 is 0 Å². The Morgan fingerprint density at radius 1 is 0.816 bits per heavy atom. The fourth-order valence-corrected chi connectivity index (χ4v) is 6.61. The molecule has 5 N–H and O–H groups in total. The molecule has 8 nitrogen and oxygen atoms in total. The minimum absolute atomic E-state index is 0.121. The van der Waals surface area contributed by atoms with Gasteiger partial charge in [0.2, 0.25) is 11.8 Å². The van der Waals surface area contributed by atoms with Crippen LogP contribution in [0.1, 0.15) is 48.9 Å². The first-order valence-corrected chi connectivity index (χ1v) is 16.8. The van der Waals surface area contributed by atoms with Crippen molar-refractivity contribution in [1.29, 1.82) is 0 Å². The van der Waals surface area contributed by atoms with Gasteiger partial charge in [0.1, 0.15) is 6.04 Å². The Morgan fingerprint density at radius 2 is 1.53 bits per heavy atom. The zero-order valence-electron chi connectivity index (χ0n) is 28.0. The third-order valence-corrected chi connectivity index (χ3v) is 9.18. The summed E-state index contributed by atoms with van der Waals surface area (Å²) in [6.07, 6.45) is 1.40. The van der Waals surface area contributed by atoms with Gasteiger partial charge in [0.25, 0.3) is 0 Å². The first-order valence-electron chi connectivity index (χ1n) is 16.8. The van der Waals surface area contributed by atoms with E-state index in [-0.39, 0.29) is 18.2 Å². The zero-order valence-corrected chi connectivity index (χ0v) is 28.0. The number of nitrogens with zero attached hydrogens (tertiary/aromatic N) is 1. The maximum atomic E-state index is 14.4. The van der Waals surface area contributed by atoms with E-state index in [1.165, 1.54) is 0 Å². The van der Waals surface area contributed by atoms with E-state index in [0.29, 0.717) is 32.5 Å². The molecule has 1 heterocycles. The molecular weight excluding hydrogens is 610 g/mol. The summed E-state index contributed by atoms with van der Waals surface area (Å²) in [4.78, 5) is 41.0. The lowest BCUT2D eigenvalue weighted by Crippen LogP contribution is -2.50. The maximum Gasteiger partial charge on any atom is 0.312 e. The maximum absolute atomic E-state index is 14.4. The van der Waals surface area contributed by atoms with Gasteiger partial charge in [0.15, 0.2) is 0 Å². The van der Waals surface area contributed by atoms with E-state index in [9.17, 15) is 14.4 Å². The number of benzene rings is 5. The smallest absolute Gasteiger partial charge is 0.312 e. The molecule has 1 aliphatic heterocycles. The van der Waals surface area contributed by atoms with Crippen LogP contribution < -0.4 is 26.6 Å². The molecule has 250 valence electrons. The molecule has 1 atom stereocenters. The zero-order chi connectivity index (χ0) is 34.4. The lowest BCUT2D eigenvalue weighted by molar-refractivity contribution is -0.128. The number of urea groups is 1. The van der Waals surface area contributed by atoms with E-state index in [2.05, 4.69) is 46.3 Å². The first-order chi connectivity index (χ1) is 23.7. The number of nitrogens with two attached hydrogens (primary N) is 1. The molecule has 4 amide bonds. The van der Waals surface area contributed by atoms with Crippen LogP contribution in [0.15, 0.2) is 115 Å². The summed E-state index contributed by atoms with van der Waals surface area (Å²) in [5.74, 6) is -0.280. The number of nitrogens with one attached hydrogen (secondary N) is 3. The van der Waals surface area contributed by atoms with Crippen molar-refractivity contribution in [3.05, 3.63) is 138 Å². The van der Waals surface area contributed by atoms with Crippen molar-refractivity contribution >= 4 is 34.3 Å². The van der Waals surface area contributed by atoms with Crippen LogP contribution in [0.25, 0.3) is 21.9 Å². The fourth-order valence-electron chi connectivity index (χ4n) is 6.61. The Bertz CT molecular complexity index is 1960. The predicted molar refractivity (Wildman–Crippen MR) is 196 cm³/mol. The molecule has 0 bridgehead atoms. The van der Waals surface area contributed by atoms with E-state index in [1.807, 2.05) is 104 Å². The SMILES string of the molecule is CC(C)(CC(=O)N[C@@H]1CCc2c(ccc3ccccc23)N(Cc2ccc(-c3ccccc3CNC(N)=O)cc2)C1=O)NCc1ccccc1. The number of rotatable bonds is 11. The number of fused-ring (bicyclic) bond motifs is 3. The van der Waals surface area contributed by atoms with Gasteiger partial charge in [-0.2, -0.15) is 0 Å². The normalized spacial score (nSPS) is 14.6. The van der Waals surface area contributed by atoms with E-state index in [4.69, 9.17) is 5.73 Å². The second-order valence-corrected chi connectivity index (χ2v) is 13.3. The van der Waals surface area contributed by atoms with Gasteiger partial charge in [0.05, 0.1) is 6.54 Å². The summed E-state index contributed by atoms with van der Waals surface area (Å²) in [5, 5.41) is 11.5. The standard InChI is InChI=1S/C41H43N5O3/c1-41(2,44-25-28-10-4-3-5-11-28)24-38(47)45-36-22-21-35-34-15-9-6-12-30(34)20-23-37(35)46(39(36)48)27-29-16-18-31(19-17-29)33-14-8-7-13-32(33)26-43-40(42)49/h3-20,23,36,44H,21-22,24-27H2,1-2H3,(H,45,47)(H3,42,43,49)/t36-/m1/s1. The summed E-state index contributed by atoms with van der Waals surface area (Å²) < 4.78 is 0. The molecule has 0 saturated heterocycles. The number of primary amides is 1. The molecule has 8 heteroatoms. The molecule has 0 aliphatic carbocycles. The van der Waals surface area contributed by atoms with Gasteiger partial charge in [0, 0.05) is 30.7 Å². The van der Waals surface area contributed by atoms with Crippen molar-refractivity contribution in [2.75, 3.05) is 4.90 Å². The van der Waals surface area contributed by atoms with Crippen LogP contribution in [0.5, 0.6) is 0 Å². The number of hydrogen-bond acceptors (Lipinski definition) is 4. The van der Waals surface area contributed by atoms with Crippen molar-refractivity contribution in [3.63, 3.8) is 0 Å². The molecule has 0 aromatic heterocycles. The van der Waals surface area contributed by atoms with Gasteiger partial charge < -0.3 is 26.6 Å². The minimum Gasteiger partial charge on any atom is -0.352 e. The van der Waals surface area contributed by atoms with Crippen molar-refractivity contribution in [1.82, 2.24) is 16.0 Å². The minimum atomic E-state index is -0.660.